The first-order chi connectivity index (χ1) is 14.7. The molecule has 0 saturated heterocycles. The lowest BCUT2D eigenvalue weighted by Gasteiger charge is -2.18. The highest BCUT2D eigenvalue weighted by Crippen LogP contribution is 2.31. The molecule has 30 heavy (non-hydrogen) atoms. The van der Waals surface area contributed by atoms with E-state index in [4.69, 9.17) is 0 Å². The van der Waals surface area contributed by atoms with Crippen LogP contribution in [0.25, 0.3) is 22.4 Å². The third-order valence-corrected chi connectivity index (χ3v) is 5.15. The molecule has 6 nitrogen and oxygen atoms in total. The molecule has 0 bridgehead atoms. The van der Waals surface area contributed by atoms with Gasteiger partial charge in [-0.15, -0.1) is 0 Å². The third kappa shape index (κ3) is 5.02. The lowest BCUT2D eigenvalue weighted by atomic mass is 9.95. The van der Waals surface area contributed by atoms with Gasteiger partial charge >= 0.3 is 0 Å². The number of rotatable bonds is 9. The number of carbonyl (C=O) groups excluding carboxylic acids is 1. The van der Waals surface area contributed by atoms with Crippen LogP contribution in [0.15, 0.2) is 65.5 Å². The van der Waals surface area contributed by atoms with Crippen molar-refractivity contribution >= 4 is 5.91 Å². The average molecular weight is 405 g/mol. The Labute approximate surface area is 177 Å². The second-order valence-electron chi connectivity index (χ2n) is 7.02. The van der Waals surface area contributed by atoms with E-state index in [1.807, 2.05) is 60.7 Å². The lowest BCUT2D eigenvalue weighted by molar-refractivity contribution is 0.0951. The van der Waals surface area contributed by atoms with Crippen LogP contribution in [0, 0.1) is 0 Å². The van der Waals surface area contributed by atoms with E-state index in [0.717, 1.165) is 37.2 Å². The van der Waals surface area contributed by atoms with E-state index in [9.17, 15) is 9.59 Å². The molecular weight excluding hydrogens is 376 g/mol. The summed E-state index contributed by atoms with van der Waals surface area (Å²) in [6.07, 6.45) is 0.822. The van der Waals surface area contributed by atoms with E-state index >= 15 is 0 Å². The van der Waals surface area contributed by atoms with Crippen LogP contribution in [-0.4, -0.2) is 47.2 Å². The van der Waals surface area contributed by atoms with Gasteiger partial charge in [0.1, 0.15) is 5.56 Å². The summed E-state index contributed by atoms with van der Waals surface area (Å²) in [5.41, 5.74) is 2.35. The molecule has 0 radical (unpaired) electrons. The molecule has 6 heteroatoms. The highest BCUT2D eigenvalue weighted by atomic mass is 16.2. The summed E-state index contributed by atoms with van der Waals surface area (Å²) in [6.45, 7) is 7.61. The number of carbonyl (C=O) groups is 1. The Bertz CT molecular complexity index is 1010. The molecule has 0 aliphatic rings. The molecule has 0 saturated carbocycles. The number of hydrogen-bond donors (Lipinski definition) is 2. The molecule has 0 spiro atoms. The second kappa shape index (κ2) is 10.5. The summed E-state index contributed by atoms with van der Waals surface area (Å²) in [7, 11) is 0. The Morgan fingerprint density at radius 3 is 2.17 bits per heavy atom. The number of hydrogen-bond acceptors (Lipinski definition) is 4. The standard InChI is InChI=1S/C24H28N4O2/c1-3-28(4-2)17-11-16-25-23(29)21-20(18-12-7-5-8-13-18)22(26-27-24(21)30)19-14-9-6-10-15-19/h5-10,12-15H,3-4,11,16-17H2,1-2H3,(H,25,29)(H,27,30). The first-order valence-electron chi connectivity index (χ1n) is 10.4. The minimum Gasteiger partial charge on any atom is -0.352 e. The van der Waals surface area contributed by atoms with Gasteiger partial charge in [0.2, 0.25) is 0 Å². The monoisotopic (exact) mass is 404 g/mol. The SMILES string of the molecule is CCN(CC)CCCNC(=O)c1c(-c2ccccc2)c(-c2ccccc2)n[nH]c1=O. The molecule has 0 fully saturated rings. The van der Waals surface area contributed by atoms with Crippen LogP contribution in [0.4, 0.5) is 0 Å². The van der Waals surface area contributed by atoms with Gasteiger partial charge in [-0.25, -0.2) is 5.10 Å². The zero-order chi connectivity index (χ0) is 21.3. The molecule has 3 aromatic rings. The largest absolute Gasteiger partial charge is 0.352 e. The van der Waals surface area contributed by atoms with Crippen LogP contribution in [0.1, 0.15) is 30.6 Å². The normalized spacial score (nSPS) is 10.9. The quantitative estimate of drug-likeness (QED) is 0.535. The van der Waals surface area contributed by atoms with Crippen LogP contribution in [0.2, 0.25) is 0 Å². The van der Waals surface area contributed by atoms with Gasteiger partial charge in [-0.1, -0.05) is 74.5 Å². The van der Waals surface area contributed by atoms with Gasteiger partial charge in [0, 0.05) is 17.7 Å². The molecule has 0 aliphatic heterocycles. The van der Waals surface area contributed by atoms with Gasteiger partial charge in [0.25, 0.3) is 11.5 Å². The van der Waals surface area contributed by atoms with Gasteiger partial charge in [-0.05, 0) is 31.6 Å². The number of aromatic amines is 1. The summed E-state index contributed by atoms with van der Waals surface area (Å²) in [5, 5.41) is 9.71. The van der Waals surface area contributed by atoms with E-state index in [-0.39, 0.29) is 11.5 Å². The molecule has 0 aliphatic carbocycles. The summed E-state index contributed by atoms with van der Waals surface area (Å²) in [4.78, 5) is 28.0. The van der Waals surface area contributed by atoms with Crippen LogP contribution < -0.4 is 10.9 Å². The van der Waals surface area contributed by atoms with Crippen LogP contribution in [-0.2, 0) is 0 Å². The van der Waals surface area contributed by atoms with Crippen molar-refractivity contribution in [3.8, 4) is 22.4 Å². The maximum atomic E-state index is 13.1. The minimum absolute atomic E-state index is 0.0953. The molecular formula is C24H28N4O2. The number of amides is 1. The van der Waals surface area contributed by atoms with Crippen molar-refractivity contribution < 1.29 is 4.79 Å². The van der Waals surface area contributed by atoms with Gasteiger partial charge in [-0.2, -0.15) is 5.10 Å². The number of nitrogens with zero attached hydrogens (tertiary/aromatic N) is 2. The van der Waals surface area contributed by atoms with Gasteiger partial charge < -0.3 is 10.2 Å². The lowest BCUT2D eigenvalue weighted by Crippen LogP contribution is -2.33. The smallest absolute Gasteiger partial charge is 0.277 e. The van der Waals surface area contributed by atoms with Crippen molar-refractivity contribution in [3.05, 3.63) is 76.6 Å². The molecule has 2 aromatic carbocycles. The maximum absolute atomic E-state index is 13.1. The minimum atomic E-state index is -0.491. The van der Waals surface area contributed by atoms with Crippen molar-refractivity contribution in [2.75, 3.05) is 26.2 Å². The van der Waals surface area contributed by atoms with Gasteiger partial charge in [0.05, 0.1) is 5.69 Å². The topological polar surface area (TPSA) is 78.1 Å². The summed E-state index contributed by atoms with van der Waals surface area (Å²) >= 11 is 0. The molecule has 1 aromatic heterocycles. The highest BCUT2D eigenvalue weighted by molar-refractivity contribution is 6.03. The zero-order valence-corrected chi connectivity index (χ0v) is 17.5. The van der Waals surface area contributed by atoms with Crippen LogP contribution in [0.5, 0.6) is 0 Å². The summed E-state index contributed by atoms with van der Waals surface area (Å²) < 4.78 is 0. The molecule has 1 amide bonds. The predicted molar refractivity (Wildman–Crippen MR) is 120 cm³/mol. The fraction of sp³-hybridized carbons (Fsp3) is 0.292. The molecule has 0 unspecified atom stereocenters. The Hall–Kier alpha value is -3.25. The van der Waals surface area contributed by atoms with E-state index in [1.165, 1.54) is 0 Å². The van der Waals surface area contributed by atoms with E-state index in [1.54, 1.807) is 0 Å². The molecule has 156 valence electrons. The fourth-order valence-corrected chi connectivity index (χ4v) is 3.49. The molecule has 2 N–H and O–H groups in total. The molecule has 3 rings (SSSR count). The Balaban J connectivity index is 1.95. The number of benzene rings is 2. The van der Waals surface area contributed by atoms with Crippen molar-refractivity contribution in [1.82, 2.24) is 20.4 Å². The first-order valence-corrected chi connectivity index (χ1v) is 10.4. The van der Waals surface area contributed by atoms with E-state index in [0.29, 0.717) is 17.8 Å². The maximum Gasteiger partial charge on any atom is 0.277 e. The second-order valence-corrected chi connectivity index (χ2v) is 7.02. The number of H-pyrrole nitrogens is 1. The molecule has 1 heterocycles. The van der Waals surface area contributed by atoms with Crippen molar-refractivity contribution in [2.24, 2.45) is 0 Å². The third-order valence-electron chi connectivity index (χ3n) is 5.15. The number of nitrogens with one attached hydrogen (secondary N) is 2. The highest BCUT2D eigenvalue weighted by Gasteiger charge is 2.22. The van der Waals surface area contributed by atoms with Gasteiger partial charge in [-0.3, -0.25) is 9.59 Å². The number of aromatic nitrogens is 2. The van der Waals surface area contributed by atoms with Crippen molar-refractivity contribution in [1.29, 1.82) is 0 Å². The summed E-state index contributed by atoms with van der Waals surface area (Å²) in [5.74, 6) is -0.380. The Morgan fingerprint density at radius 2 is 1.57 bits per heavy atom. The van der Waals surface area contributed by atoms with Crippen molar-refractivity contribution in [2.45, 2.75) is 20.3 Å². The first kappa shape index (κ1) is 21.5. The van der Waals surface area contributed by atoms with Gasteiger partial charge in [0.15, 0.2) is 0 Å². The average Bonchev–Trinajstić information content (AvgIpc) is 2.80. The van der Waals surface area contributed by atoms with E-state index < -0.39 is 5.56 Å². The Morgan fingerprint density at radius 1 is 0.967 bits per heavy atom. The Kier molecular flexibility index (Phi) is 7.51. The van der Waals surface area contributed by atoms with Crippen LogP contribution >= 0.6 is 0 Å². The zero-order valence-electron chi connectivity index (χ0n) is 17.5. The molecule has 0 atom stereocenters. The van der Waals surface area contributed by atoms with Crippen molar-refractivity contribution in [3.63, 3.8) is 0 Å². The van der Waals surface area contributed by atoms with Crippen LogP contribution in [0.3, 0.4) is 0 Å². The summed E-state index contributed by atoms with van der Waals surface area (Å²) in [6, 6.07) is 19.0. The van der Waals surface area contributed by atoms with E-state index in [2.05, 4.69) is 34.3 Å². The fourth-order valence-electron chi connectivity index (χ4n) is 3.49. The predicted octanol–water partition coefficient (Wildman–Crippen LogP) is 3.57.